The molecule has 1 aromatic carbocycles. The van der Waals surface area contributed by atoms with Crippen molar-refractivity contribution in [3.05, 3.63) is 28.2 Å². The Labute approximate surface area is 85.5 Å². The number of Topliss-reactive ketones (excluding diaryl/α,β-unsaturated/α-hetero) is 1. The Hall–Kier alpha value is -0.830. The summed E-state index contributed by atoms with van der Waals surface area (Å²) in [6.45, 7) is 2.37. The van der Waals surface area contributed by atoms with Gasteiger partial charge in [-0.05, 0) is 19.1 Å². The van der Waals surface area contributed by atoms with E-state index in [9.17, 15) is 4.79 Å². The van der Waals surface area contributed by atoms with Crippen LogP contribution < -0.4 is 5.32 Å². The van der Waals surface area contributed by atoms with Crippen molar-refractivity contribution >= 4 is 27.4 Å². The lowest BCUT2D eigenvalue weighted by molar-refractivity contribution is -0.118. The van der Waals surface area contributed by atoms with Crippen molar-refractivity contribution in [1.82, 2.24) is 0 Å². The van der Waals surface area contributed by atoms with Gasteiger partial charge in [0, 0.05) is 22.3 Å². The molecule has 1 atom stereocenters. The number of ketones is 1. The summed E-state index contributed by atoms with van der Waals surface area (Å²) in [5.74, 6) is 0.240. The highest BCUT2D eigenvalue weighted by molar-refractivity contribution is 9.10. The molecular weight excluding hydrogens is 230 g/mol. The molecule has 1 heterocycles. The van der Waals surface area contributed by atoms with E-state index in [1.807, 2.05) is 18.2 Å². The molecule has 0 bridgehead atoms. The number of rotatable bonds is 1. The Morgan fingerprint density at radius 3 is 3.08 bits per heavy atom. The highest BCUT2D eigenvalue weighted by Crippen LogP contribution is 2.37. The fourth-order valence-electron chi connectivity index (χ4n) is 1.71. The van der Waals surface area contributed by atoms with Crippen molar-refractivity contribution in [2.24, 2.45) is 0 Å². The van der Waals surface area contributed by atoms with E-state index in [0.29, 0.717) is 0 Å². The van der Waals surface area contributed by atoms with Crippen molar-refractivity contribution in [2.75, 3.05) is 11.9 Å². The molecular formula is C10H10BrNO. The monoisotopic (exact) mass is 239 g/mol. The van der Waals surface area contributed by atoms with Gasteiger partial charge in [0.25, 0.3) is 0 Å². The summed E-state index contributed by atoms with van der Waals surface area (Å²) in [6, 6.07) is 5.95. The zero-order chi connectivity index (χ0) is 9.42. The van der Waals surface area contributed by atoms with Gasteiger partial charge < -0.3 is 5.32 Å². The van der Waals surface area contributed by atoms with Gasteiger partial charge in [-0.15, -0.1) is 0 Å². The number of halogens is 1. The summed E-state index contributed by atoms with van der Waals surface area (Å²) < 4.78 is 1.02. The van der Waals surface area contributed by atoms with Crippen LogP contribution in [0.25, 0.3) is 0 Å². The standard InChI is InChI=1S/C10H10BrNO/c1-6(13)7-5-12-9-4-2-3-8(11)10(7)9/h2-4,7,12H,5H2,1H3. The van der Waals surface area contributed by atoms with E-state index in [-0.39, 0.29) is 11.7 Å². The normalized spacial score (nSPS) is 19.4. The molecule has 0 radical (unpaired) electrons. The molecule has 1 unspecified atom stereocenters. The first kappa shape index (κ1) is 8.75. The van der Waals surface area contributed by atoms with Crippen LogP contribution in [0.3, 0.4) is 0 Å². The molecule has 1 N–H and O–H groups in total. The lowest BCUT2D eigenvalue weighted by Gasteiger charge is -2.06. The molecule has 0 amide bonds. The molecule has 0 saturated carbocycles. The summed E-state index contributed by atoms with van der Waals surface area (Å²) >= 11 is 3.46. The predicted octanol–water partition coefficient (Wildman–Crippen LogP) is 2.55. The van der Waals surface area contributed by atoms with Crippen molar-refractivity contribution in [3.8, 4) is 0 Å². The summed E-state index contributed by atoms with van der Waals surface area (Å²) in [7, 11) is 0. The molecule has 1 aliphatic heterocycles. The van der Waals surface area contributed by atoms with Crippen molar-refractivity contribution in [3.63, 3.8) is 0 Å². The third-order valence-corrected chi connectivity index (χ3v) is 3.08. The molecule has 0 aliphatic carbocycles. The van der Waals surface area contributed by atoms with Gasteiger partial charge in [-0.25, -0.2) is 0 Å². The van der Waals surface area contributed by atoms with E-state index in [2.05, 4.69) is 21.2 Å². The fourth-order valence-corrected chi connectivity index (χ4v) is 2.35. The average molecular weight is 240 g/mol. The van der Waals surface area contributed by atoms with Gasteiger partial charge in [-0.2, -0.15) is 0 Å². The number of carbonyl (C=O) groups excluding carboxylic acids is 1. The van der Waals surface area contributed by atoms with Crippen LogP contribution in [0, 0.1) is 0 Å². The number of benzene rings is 1. The quantitative estimate of drug-likeness (QED) is 0.817. The van der Waals surface area contributed by atoms with E-state index < -0.39 is 0 Å². The van der Waals surface area contributed by atoms with Crippen LogP contribution in [-0.4, -0.2) is 12.3 Å². The summed E-state index contributed by atoms with van der Waals surface area (Å²) in [5.41, 5.74) is 2.18. The van der Waals surface area contributed by atoms with Crippen LogP contribution in [0.1, 0.15) is 18.4 Å². The van der Waals surface area contributed by atoms with Crippen LogP contribution in [0.4, 0.5) is 5.69 Å². The van der Waals surface area contributed by atoms with Crippen LogP contribution in [-0.2, 0) is 4.79 Å². The van der Waals surface area contributed by atoms with Gasteiger partial charge in [0.15, 0.2) is 0 Å². The molecule has 68 valence electrons. The van der Waals surface area contributed by atoms with Crippen LogP contribution in [0.5, 0.6) is 0 Å². The molecule has 1 aromatic rings. The summed E-state index contributed by atoms with van der Waals surface area (Å²) in [6.07, 6.45) is 0. The first-order chi connectivity index (χ1) is 6.20. The van der Waals surface area contributed by atoms with E-state index >= 15 is 0 Å². The molecule has 0 spiro atoms. The minimum Gasteiger partial charge on any atom is -0.384 e. The van der Waals surface area contributed by atoms with E-state index in [1.165, 1.54) is 0 Å². The zero-order valence-corrected chi connectivity index (χ0v) is 8.89. The third-order valence-electron chi connectivity index (χ3n) is 2.39. The van der Waals surface area contributed by atoms with E-state index in [1.54, 1.807) is 6.92 Å². The number of fused-ring (bicyclic) bond motifs is 1. The Morgan fingerprint density at radius 2 is 2.38 bits per heavy atom. The maximum Gasteiger partial charge on any atom is 0.139 e. The first-order valence-corrected chi connectivity index (χ1v) is 5.02. The topological polar surface area (TPSA) is 29.1 Å². The fraction of sp³-hybridized carbons (Fsp3) is 0.300. The third kappa shape index (κ3) is 1.37. The maximum atomic E-state index is 11.3. The Balaban J connectivity index is 2.52. The average Bonchev–Trinajstić information content (AvgIpc) is 2.49. The SMILES string of the molecule is CC(=O)C1CNc2cccc(Br)c21. The van der Waals surface area contributed by atoms with Crippen molar-refractivity contribution < 1.29 is 4.79 Å². The van der Waals surface area contributed by atoms with Gasteiger partial charge in [0.05, 0.1) is 5.92 Å². The van der Waals surface area contributed by atoms with Crippen LogP contribution in [0.2, 0.25) is 0 Å². The zero-order valence-electron chi connectivity index (χ0n) is 7.30. The lowest BCUT2D eigenvalue weighted by atomic mass is 9.98. The first-order valence-electron chi connectivity index (χ1n) is 4.23. The molecule has 2 rings (SSSR count). The van der Waals surface area contributed by atoms with Gasteiger partial charge in [-0.3, -0.25) is 4.79 Å². The number of hydrogen-bond donors (Lipinski definition) is 1. The molecule has 3 heteroatoms. The highest BCUT2D eigenvalue weighted by atomic mass is 79.9. The van der Waals surface area contributed by atoms with Crippen molar-refractivity contribution in [1.29, 1.82) is 0 Å². The predicted molar refractivity (Wildman–Crippen MR) is 56.1 cm³/mol. The smallest absolute Gasteiger partial charge is 0.139 e. The second-order valence-electron chi connectivity index (χ2n) is 3.25. The largest absolute Gasteiger partial charge is 0.384 e. The number of anilines is 1. The Bertz CT molecular complexity index is 362. The summed E-state index contributed by atoms with van der Waals surface area (Å²) in [5, 5.41) is 3.22. The van der Waals surface area contributed by atoms with Gasteiger partial charge in [-0.1, -0.05) is 22.0 Å². The Morgan fingerprint density at radius 1 is 1.62 bits per heavy atom. The van der Waals surface area contributed by atoms with Crippen LogP contribution >= 0.6 is 15.9 Å². The molecule has 2 nitrogen and oxygen atoms in total. The van der Waals surface area contributed by atoms with Crippen LogP contribution in [0.15, 0.2) is 22.7 Å². The minimum absolute atomic E-state index is 0.0191. The van der Waals surface area contributed by atoms with Gasteiger partial charge in [0.2, 0.25) is 0 Å². The van der Waals surface area contributed by atoms with Gasteiger partial charge >= 0.3 is 0 Å². The summed E-state index contributed by atoms with van der Waals surface area (Å²) in [4.78, 5) is 11.3. The Kier molecular flexibility index (Phi) is 2.12. The number of nitrogens with one attached hydrogen (secondary N) is 1. The van der Waals surface area contributed by atoms with E-state index in [4.69, 9.17) is 0 Å². The van der Waals surface area contributed by atoms with Gasteiger partial charge in [0.1, 0.15) is 5.78 Å². The number of carbonyl (C=O) groups is 1. The molecule has 0 fully saturated rings. The van der Waals surface area contributed by atoms with Crippen molar-refractivity contribution in [2.45, 2.75) is 12.8 Å². The second kappa shape index (κ2) is 3.14. The molecule has 1 aliphatic rings. The van der Waals surface area contributed by atoms with E-state index in [0.717, 1.165) is 22.3 Å². The molecule has 0 aromatic heterocycles. The lowest BCUT2D eigenvalue weighted by Crippen LogP contribution is -2.10. The minimum atomic E-state index is 0.0191. The second-order valence-corrected chi connectivity index (χ2v) is 4.10. The molecule has 0 saturated heterocycles. The molecule has 13 heavy (non-hydrogen) atoms. The number of hydrogen-bond acceptors (Lipinski definition) is 2. The maximum absolute atomic E-state index is 11.3. The highest BCUT2D eigenvalue weighted by Gasteiger charge is 2.27.